The van der Waals surface area contributed by atoms with Crippen LogP contribution in [0.4, 0.5) is 17.6 Å². The van der Waals surface area contributed by atoms with Crippen LogP contribution in [0.5, 0.6) is 0 Å². The van der Waals surface area contributed by atoms with Gasteiger partial charge in [-0.05, 0) is 6.92 Å². The van der Waals surface area contributed by atoms with Crippen molar-refractivity contribution in [3.05, 3.63) is 35.2 Å². The summed E-state index contributed by atoms with van der Waals surface area (Å²) in [6, 6.07) is 0. The predicted molar refractivity (Wildman–Crippen MR) is 46.9 cm³/mol. The zero-order valence-corrected chi connectivity index (χ0v) is 7.50. The first-order valence-electron chi connectivity index (χ1n) is 3.62. The Labute approximate surface area is 78.9 Å². The van der Waals surface area contributed by atoms with Gasteiger partial charge in [-0.15, -0.1) is 0 Å². The van der Waals surface area contributed by atoms with Gasteiger partial charge in [-0.25, -0.2) is 17.6 Å². The van der Waals surface area contributed by atoms with E-state index in [9.17, 15) is 17.6 Å². The van der Waals surface area contributed by atoms with E-state index in [1.54, 1.807) is 0 Å². The van der Waals surface area contributed by atoms with Crippen molar-refractivity contribution >= 4 is 6.21 Å². The highest BCUT2D eigenvalue weighted by molar-refractivity contribution is 5.80. The number of nitrogens with one attached hydrogen (secondary N) is 1. The summed E-state index contributed by atoms with van der Waals surface area (Å²) < 4.78 is 50.0. The lowest BCUT2D eigenvalue weighted by Crippen LogP contribution is -1.92. The molecule has 1 nitrogen and oxygen atoms in total. The molecular weight excluding hydrogens is 198 g/mol. The molecular formula is C9H9F4N. The highest BCUT2D eigenvalue weighted by atomic mass is 19.2. The zero-order valence-electron chi connectivity index (χ0n) is 7.50. The molecule has 0 atom stereocenters. The van der Waals surface area contributed by atoms with Crippen molar-refractivity contribution in [3.8, 4) is 0 Å². The molecule has 0 heterocycles. The van der Waals surface area contributed by atoms with Crippen LogP contribution in [0.3, 0.4) is 0 Å². The number of alkyl halides is 1. The third-order valence-electron chi connectivity index (χ3n) is 1.50. The van der Waals surface area contributed by atoms with Gasteiger partial charge in [0.1, 0.15) is 12.5 Å². The molecule has 0 spiro atoms. The van der Waals surface area contributed by atoms with Crippen molar-refractivity contribution in [2.45, 2.75) is 6.92 Å². The van der Waals surface area contributed by atoms with Crippen LogP contribution in [0.1, 0.15) is 6.92 Å². The normalized spacial score (nSPS) is 14.4. The monoisotopic (exact) mass is 207 g/mol. The van der Waals surface area contributed by atoms with Gasteiger partial charge in [-0.3, -0.25) is 0 Å². The van der Waals surface area contributed by atoms with Crippen molar-refractivity contribution < 1.29 is 17.6 Å². The molecule has 0 aromatic carbocycles. The average molecular weight is 207 g/mol. The van der Waals surface area contributed by atoms with Crippen LogP contribution in [0.2, 0.25) is 0 Å². The molecule has 0 bridgehead atoms. The van der Waals surface area contributed by atoms with Crippen LogP contribution in [0, 0.1) is 5.41 Å². The second-order valence-electron chi connectivity index (χ2n) is 2.46. The van der Waals surface area contributed by atoms with Gasteiger partial charge in [0, 0.05) is 17.4 Å². The summed E-state index contributed by atoms with van der Waals surface area (Å²) in [6.07, 6.45) is 0.482. The Morgan fingerprint density at radius 2 is 1.79 bits per heavy atom. The van der Waals surface area contributed by atoms with E-state index in [4.69, 9.17) is 5.41 Å². The minimum absolute atomic E-state index is 0.482. The molecule has 0 saturated heterocycles. The van der Waals surface area contributed by atoms with Crippen molar-refractivity contribution in [1.29, 1.82) is 5.41 Å². The summed E-state index contributed by atoms with van der Waals surface area (Å²) in [4.78, 5) is 0. The maximum Gasteiger partial charge on any atom is 0.167 e. The van der Waals surface area contributed by atoms with E-state index in [1.807, 2.05) is 0 Å². The average Bonchev–Trinajstić information content (AvgIpc) is 2.23. The first-order chi connectivity index (χ1) is 6.45. The SMILES string of the molecule is C=C(C=N)/C(F)=C(F)\C(C)=C(\F)CF. The highest BCUT2D eigenvalue weighted by Crippen LogP contribution is 2.24. The first kappa shape index (κ1) is 12.6. The fourth-order valence-electron chi connectivity index (χ4n) is 0.588. The minimum Gasteiger partial charge on any atom is -0.308 e. The van der Waals surface area contributed by atoms with Crippen LogP contribution in [-0.2, 0) is 0 Å². The molecule has 0 fully saturated rings. The maximum absolute atomic E-state index is 12.9. The Kier molecular flexibility index (Phi) is 4.83. The van der Waals surface area contributed by atoms with E-state index in [0.29, 0.717) is 6.21 Å². The van der Waals surface area contributed by atoms with Crippen LogP contribution >= 0.6 is 0 Å². The molecule has 0 saturated carbocycles. The van der Waals surface area contributed by atoms with Gasteiger partial charge in [0.15, 0.2) is 11.7 Å². The minimum atomic E-state index is -1.53. The Hall–Kier alpha value is -1.39. The molecule has 0 radical (unpaired) electrons. The Bertz CT molecular complexity index is 315. The summed E-state index contributed by atoms with van der Waals surface area (Å²) in [6.45, 7) is 2.41. The number of allylic oxidation sites excluding steroid dienone is 5. The molecule has 1 N–H and O–H groups in total. The van der Waals surface area contributed by atoms with Crippen molar-refractivity contribution in [1.82, 2.24) is 0 Å². The Morgan fingerprint density at radius 3 is 2.14 bits per heavy atom. The molecule has 0 unspecified atom stereocenters. The van der Waals surface area contributed by atoms with Crippen LogP contribution in [0.25, 0.3) is 0 Å². The van der Waals surface area contributed by atoms with Crippen molar-refractivity contribution in [2.75, 3.05) is 6.67 Å². The van der Waals surface area contributed by atoms with Gasteiger partial charge in [-0.1, -0.05) is 6.58 Å². The van der Waals surface area contributed by atoms with Crippen LogP contribution < -0.4 is 0 Å². The molecule has 0 aliphatic carbocycles. The van der Waals surface area contributed by atoms with E-state index < -0.39 is 35.3 Å². The Balaban J connectivity index is 5.20. The molecule has 78 valence electrons. The molecule has 0 rings (SSSR count). The number of halogens is 4. The molecule has 5 heteroatoms. The Morgan fingerprint density at radius 1 is 1.29 bits per heavy atom. The van der Waals surface area contributed by atoms with Gasteiger partial charge in [0.05, 0.1) is 0 Å². The number of hydrogen-bond donors (Lipinski definition) is 1. The largest absolute Gasteiger partial charge is 0.308 e. The topological polar surface area (TPSA) is 23.9 Å². The summed E-state index contributed by atoms with van der Waals surface area (Å²) >= 11 is 0. The first-order valence-corrected chi connectivity index (χ1v) is 3.62. The van der Waals surface area contributed by atoms with Gasteiger partial charge >= 0.3 is 0 Å². The summed E-state index contributed by atoms with van der Waals surface area (Å²) in [5.41, 5.74) is -1.29. The van der Waals surface area contributed by atoms with Gasteiger partial charge in [0.2, 0.25) is 0 Å². The summed E-state index contributed by atoms with van der Waals surface area (Å²) in [5, 5.41) is 6.58. The van der Waals surface area contributed by atoms with E-state index >= 15 is 0 Å². The molecule has 0 amide bonds. The predicted octanol–water partition coefficient (Wildman–Crippen LogP) is 3.56. The number of rotatable bonds is 4. The van der Waals surface area contributed by atoms with E-state index in [2.05, 4.69) is 6.58 Å². The van der Waals surface area contributed by atoms with E-state index in [-0.39, 0.29) is 0 Å². The molecule has 0 aliphatic rings. The standard InChI is InChI=1S/C9H9F4N/c1-5(4-14)8(12)9(13)6(2)7(11)3-10/h4,14H,1,3H2,2H3/b7-6+,9-8-,14-4?. The lowest BCUT2D eigenvalue weighted by Gasteiger charge is -2.01. The van der Waals surface area contributed by atoms with Crippen LogP contribution in [-0.4, -0.2) is 12.9 Å². The van der Waals surface area contributed by atoms with Gasteiger partial charge in [0.25, 0.3) is 0 Å². The highest BCUT2D eigenvalue weighted by Gasteiger charge is 2.14. The fourth-order valence-corrected chi connectivity index (χ4v) is 0.588. The summed E-state index contributed by atoms with van der Waals surface area (Å²) in [5.74, 6) is -4.37. The van der Waals surface area contributed by atoms with Gasteiger partial charge < -0.3 is 5.41 Å². The molecule has 0 aromatic rings. The maximum atomic E-state index is 12.9. The van der Waals surface area contributed by atoms with Crippen molar-refractivity contribution in [2.24, 2.45) is 0 Å². The smallest absolute Gasteiger partial charge is 0.167 e. The van der Waals surface area contributed by atoms with E-state index in [1.165, 1.54) is 0 Å². The van der Waals surface area contributed by atoms with Crippen molar-refractivity contribution in [3.63, 3.8) is 0 Å². The quantitative estimate of drug-likeness (QED) is 0.414. The lowest BCUT2D eigenvalue weighted by atomic mass is 10.1. The second-order valence-corrected chi connectivity index (χ2v) is 2.46. The third-order valence-corrected chi connectivity index (χ3v) is 1.50. The zero-order chi connectivity index (χ0) is 11.3. The number of hydrogen-bond acceptors (Lipinski definition) is 1. The fraction of sp³-hybridized carbons (Fsp3) is 0.222. The molecule has 0 aliphatic heterocycles. The van der Waals surface area contributed by atoms with Gasteiger partial charge in [-0.2, -0.15) is 0 Å². The second kappa shape index (κ2) is 5.36. The third kappa shape index (κ3) is 2.83. The summed E-state index contributed by atoms with van der Waals surface area (Å²) in [7, 11) is 0. The lowest BCUT2D eigenvalue weighted by molar-refractivity contribution is 0.447. The molecule has 0 aromatic heterocycles. The van der Waals surface area contributed by atoms with E-state index in [0.717, 1.165) is 6.92 Å². The van der Waals surface area contributed by atoms with Crippen LogP contribution in [0.15, 0.2) is 35.2 Å². The molecule has 14 heavy (non-hydrogen) atoms.